The van der Waals surface area contributed by atoms with E-state index in [2.05, 4.69) is 19.8 Å². The topological polar surface area (TPSA) is 49.3 Å². The SMILES string of the molecule is Cc1cncnc1N1CC2CN(C(=O)C3(c4ccc(F)cc4)CC3)CC2C1. The molecule has 2 aliphatic heterocycles. The normalized spacial score (nSPS) is 25.6. The number of hydrogen-bond donors (Lipinski definition) is 0. The molecular formula is C21H23FN4O. The maximum atomic E-state index is 13.2. The highest BCUT2D eigenvalue weighted by Crippen LogP contribution is 2.50. The second-order valence-corrected chi connectivity index (χ2v) is 8.25. The molecule has 0 spiro atoms. The van der Waals surface area contributed by atoms with Crippen LogP contribution in [0.2, 0.25) is 0 Å². The van der Waals surface area contributed by atoms with Gasteiger partial charge in [-0.2, -0.15) is 0 Å². The van der Waals surface area contributed by atoms with Crippen LogP contribution in [0.1, 0.15) is 24.0 Å². The summed E-state index contributed by atoms with van der Waals surface area (Å²) in [4.78, 5) is 26.2. The quantitative estimate of drug-likeness (QED) is 0.838. The lowest BCUT2D eigenvalue weighted by Gasteiger charge is -2.26. The minimum Gasteiger partial charge on any atom is -0.356 e. The van der Waals surface area contributed by atoms with E-state index in [1.54, 1.807) is 18.5 Å². The molecule has 6 heteroatoms. The average Bonchev–Trinajstić information content (AvgIpc) is 3.23. The number of hydrogen-bond acceptors (Lipinski definition) is 4. The number of nitrogens with zero attached hydrogens (tertiary/aromatic N) is 4. The molecule has 2 unspecified atom stereocenters. The predicted octanol–water partition coefficient (Wildman–Crippen LogP) is 2.55. The minimum atomic E-state index is -0.407. The van der Waals surface area contributed by atoms with Crippen molar-refractivity contribution in [2.75, 3.05) is 31.1 Å². The summed E-state index contributed by atoms with van der Waals surface area (Å²) < 4.78 is 13.2. The van der Waals surface area contributed by atoms with E-state index in [-0.39, 0.29) is 11.7 Å². The van der Waals surface area contributed by atoms with Gasteiger partial charge in [0.1, 0.15) is 18.0 Å². The molecule has 0 N–H and O–H groups in total. The fourth-order valence-corrected chi connectivity index (χ4v) is 4.88. The van der Waals surface area contributed by atoms with Crippen molar-refractivity contribution < 1.29 is 9.18 Å². The highest BCUT2D eigenvalue weighted by Gasteiger charge is 2.55. The van der Waals surface area contributed by atoms with Gasteiger partial charge >= 0.3 is 0 Å². The van der Waals surface area contributed by atoms with Crippen LogP contribution in [0, 0.1) is 24.6 Å². The van der Waals surface area contributed by atoms with Crippen molar-refractivity contribution in [3.63, 3.8) is 0 Å². The van der Waals surface area contributed by atoms with Crippen LogP contribution in [0.4, 0.5) is 10.2 Å². The Morgan fingerprint density at radius 1 is 1.11 bits per heavy atom. The molecule has 2 aromatic rings. The molecule has 2 atom stereocenters. The van der Waals surface area contributed by atoms with E-state index in [4.69, 9.17) is 0 Å². The van der Waals surface area contributed by atoms with Crippen molar-refractivity contribution in [2.45, 2.75) is 25.2 Å². The van der Waals surface area contributed by atoms with Crippen molar-refractivity contribution in [1.29, 1.82) is 0 Å². The van der Waals surface area contributed by atoms with Gasteiger partial charge in [-0.25, -0.2) is 14.4 Å². The monoisotopic (exact) mass is 366 g/mol. The van der Waals surface area contributed by atoms with E-state index < -0.39 is 5.41 Å². The van der Waals surface area contributed by atoms with Crippen LogP contribution in [-0.2, 0) is 10.2 Å². The molecule has 0 radical (unpaired) electrons. The summed E-state index contributed by atoms with van der Waals surface area (Å²) in [5, 5.41) is 0. The van der Waals surface area contributed by atoms with Crippen LogP contribution in [0.15, 0.2) is 36.8 Å². The molecule has 1 aromatic heterocycles. The number of benzene rings is 1. The Morgan fingerprint density at radius 2 is 1.78 bits per heavy atom. The van der Waals surface area contributed by atoms with Crippen LogP contribution in [0.3, 0.4) is 0 Å². The molecule has 1 saturated carbocycles. The Morgan fingerprint density at radius 3 is 2.37 bits per heavy atom. The van der Waals surface area contributed by atoms with Crippen LogP contribution in [0.5, 0.6) is 0 Å². The summed E-state index contributed by atoms with van der Waals surface area (Å²) in [5.41, 5.74) is 1.65. The minimum absolute atomic E-state index is 0.230. The van der Waals surface area contributed by atoms with Crippen molar-refractivity contribution >= 4 is 11.7 Å². The molecule has 3 fully saturated rings. The molecule has 1 aromatic carbocycles. The number of likely N-dealkylation sites (tertiary alicyclic amines) is 1. The Bertz CT molecular complexity index is 866. The van der Waals surface area contributed by atoms with Gasteiger partial charge in [-0.3, -0.25) is 4.79 Å². The molecule has 1 aliphatic carbocycles. The van der Waals surface area contributed by atoms with Crippen molar-refractivity contribution in [2.24, 2.45) is 11.8 Å². The van der Waals surface area contributed by atoms with E-state index in [9.17, 15) is 9.18 Å². The lowest BCUT2D eigenvalue weighted by atomic mass is 9.94. The lowest BCUT2D eigenvalue weighted by Crippen LogP contribution is -2.40. The first-order valence-corrected chi connectivity index (χ1v) is 9.64. The summed E-state index contributed by atoms with van der Waals surface area (Å²) in [6, 6.07) is 6.47. The third-order valence-electron chi connectivity index (χ3n) is 6.50. The zero-order chi connectivity index (χ0) is 18.6. The van der Waals surface area contributed by atoms with Gasteiger partial charge in [0.05, 0.1) is 5.41 Å². The number of aromatic nitrogens is 2. The molecule has 1 amide bonds. The van der Waals surface area contributed by atoms with E-state index in [1.807, 2.05) is 13.1 Å². The first kappa shape index (κ1) is 16.7. The largest absolute Gasteiger partial charge is 0.356 e. The van der Waals surface area contributed by atoms with Gasteiger partial charge in [-0.1, -0.05) is 12.1 Å². The van der Waals surface area contributed by atoms with E-state index in [0.29, 0.717) is 11.8 Å². The number of fused-ring (bicyclic) bond motifs is 1. The highest BCUT2D eigenvalue weighted by atomic mass is 19.1. The third kappa shape index (κ3) is 2.69. The first-order valence-electron chi connectivity index (χ1n) is 9.64. The maximum Gasteiger partial charge on any atom is 0.233 e. The summed E-state index contributed by atoms with van der Waals surface area (Å²) in [7, 11) is 0. The molecule has 3 heterocycles. The Kier molecular flexibility index (Phi) is 3.71. The number of anilines is 1. The molecular weight excluding hydrogens is 343 g/mol. The van der Waals surface area contributed by atoms with Gasteiger partial charge in [-0.15, -0.1) is 0 Å². The molecule has 5 rings (SSSR count). The number of carbonyl (C=O) groups excluding carboxylic acids is 1. The maximum absolute atomic E-state index is 13.2. The van der Waals surface area contributed by atoms with E-state index >= 15 is 0 Å². The number of amides is 1. The zero-order valence-corrected chi connectivity index (χ0v) is 15.4. The molecule has 2 saturated heterocycles. The molecule has 0 bridgehead atoms. The van der Waals surface area contributed by atoms with Crippen molar-refractivity contribution in [3.8, 4) is 0 Å². The lowest BCUT2D eigenvalue weighted by molar-refractivity contribution is -0.133. The third-order valence-corrected chi connectivity index (χ3v) is 6.50. The fraction of sp³-hybridized carbons (Fsp3) is 0.476. The number of aryl methyl sites for hydroxylation is 1. The van der Waals surface area contributed by atoms with Crippen LogP contribution in [0.25, 0.3) is 0 Å². The average molecular weight is 366 g/mol. The fourth-order valence-electron chi connectivity index (χ4n) is 4.88. The summed E-state index contributed by atoms with van der Waals surface area (Å²) >= 11 is 0. The summed E-state index contributed by atoms with van der Waals surface area (Å²) in [6.07, 6.45) is 5.20. The van der Waals surface area contributed by atoms with Gasteiger partial charge in [0.25, 0.3) is 0 Å². The molecule has 3 aliphatic rings. The second-order valence-electron chi connectivity index (χ2n) is 8.25. The van der Waals surface area contributed by atoms with Gasteiger partial charge in [0.2, 0.25) is 5.91 Å². The van der Waals surface area contributed by atoms with Gasteiger partial charge in [0.15, 0.2) is 0 Å². The standard InChI is InChI=1S/C21H23FN4O/c1-14-8-23-13-24-19(14)25-9-15-11-26(12-16(15)10-25)20(27)21(6-7-21)17-2-4-18(22)5-3-17/h2-5,8,13,15-16H,6-7,9-12H2,1H3. The summed E-state index contributed by atoms with van der Waals surface area (Å²) in [6.45, 7) is 5.55. The van der Waals surface area contributed by atoms with E-state index in [0.717, 1.165) is 56.0 Å². The van der Waals surface area contributed by atoms with Crippen molar-refractivity contribution in [1.82, 2.24) is 14.9 Å². The van der Waals surface area contributed by atoms with Gasteiger partial charge in [0, 0.05) is 49.8 Å². The Balaban J connectivity index is 1.28. The van der Waals surface area contributed by atoms with Crippen molar-refractivity contribution in [3.05, 3.63) is 53.7 Å². The predicted molar refractivity (Wildman–Crippen MR) is 99.9 cm³/mol. The molecule has 5 nitrogen and oxygen atoms in total. The molecule has 140 valence electrons. The second kappa shape index (κ2) is 6.01. The van der Waals surface area contributed by atoms with Crippen LogP contribution in [-0.4, -0.2) is 47.0 Å². The number of carbonyl (C=O) groups is 1. The van der Waals surface area contributed by atoms with E-state index in [1.165, 1.54) is 12.1 Å². The molecule has 27 heavy (non-hydrogen) atoms. The number of halogens is 1. The Hall–Kier alpha value is -2.50. The van der Waals surface area contributed by atoms with Crippen LogP contribution >= 0.6 is 0 Å². The number of rotatable bonds is 3. The van der Waals surface area contributed by atoms with Gasteiger partial charge in [-0.05, 0) is 37.5 Å². The van der Waals surface area contributed by atoms with Gasteiger partial charge < -0.3 is 9.80 Å². The van der Waals surface area contributed by atoms with Crippen LogP contribution < -0.4 is 4.90 Å². The first-order chi connectivity index (χ1) is 13.1. The highest BCUT2D eigenvalue weighted by molar-refractivity contribution is 5.91. The zero-order valence-electron chi connectivity index (χ0n) is 15.4. The smallest absolute Gasteiger partial charge is 0.233 e. The summed E-state index contributed by atoms with van der Waals surface area (Å²) in [5.74, 6) is 1.98. The Labute approximate surface area is 158 Å².